The smallest absolute Gasteiger partial charge is 0.303 e. The molecule has 0 saturated heterocycles. The number of aliphatic carboxylic acids is 1. The van der Waals surface area contributed by atoms with Crippen LogP contribution in [-0.4, -0.2) is 21.4 Å². The summed E-state index contributed by atoms with van der Waals surface area (Å²) < 4.78 is 0. The Hall–Kier alpha value is -0.510. The SMILES string of the molecule is CC(C)SC(=O)CCCCC(=O)O. The first-order chi connectivity index (χ1) is 6.02. The molecular formula is C9H16O3S. The summed E-state index contributed by atoms with van der Waals surface area (Å²) in [6.07, 6.45) is 1.94. The van der Waals surface area contributed by atoms with Crippen LogP contribution in [0.2, 0.25) is 0 Å². The van der Waals surface area contributed by atoms with Gasteiger partial charge in [-0.25, -0.2) is 0 Å². The van der Waals surface area contributed by atoms with Crippen molar-refractivity contribution in [1.29, 1.82) is 0 Å². The Kier molecular flexibility index (Phi) is 6.68. The fourth-order valence-corrected chi connectivity index (χ4v) is 1.66. The van der Waals surface area contributed by atoms with Gasteiger partial charge in [0, 0.05) is 18.1 Å². The summed E-state index contributed by atoms with van der Waals surface area (Å²) in [5.41, 5.74) is 0. The minimum atomic E-state index is -0.788. The van der Waals surface area contributed by atoms with E-state index in [1.165, 1.54) is 11.8 Å². The molecule has 0 aliphatic heterocycles. The predicted molar refractivity (Wildman–Crippen MR) is 53.8 cm³/mol. The molecule has 0 aromatic heterocycles. The second-order valence-corrected chi connectivity index (χ2v) is 4.77. The maximum Gasteiger partial charge on any atom is 0.303 e. The molecule has 0 rings (SSSR count). The molecule has 0 amide bonds. The van der Waals surface area contributed by atoms with Gasteiger partial charge in [0.1, 0.15) is 0 Å². The van der Waals surface area contributed by atoms with Crippen LogP contribution in [0.5, 0.6) is 0 Å². The highest BCUT2D eigenvalue weighted by atomic mass is 32.2. The van der Waals surface area contributed by atoms with E-state index in [2.05, 4.69) is 0 Å². The van der Waals surface area contributed by atoms with Gasteiger partial charge in [0.2, 0.25) is 0 Å². The van der Waals surface area contributed by atoms with E-state index in [-0.39, 0.29) is 11.5 Å². The molecule has 0 fully saturated rings. The first-order valence-corrected chi connectivity index (χ1v) is 5.31. The largest absolute Gasteiger partial charge is 0.481 e. The average Bonchev–Trinajstić information content (AvgIpc) is 1.96. The third kappa shape index (κ3) is 9.40. The standard InChI is InChI=1S/C9H16O3S/c1-7(2)13-9(12)6-4-3-5-8(10)11/h7H,3-6H2,1-2H3,(H,10,11). The van der Waals surface area contributed by atoms with Gasteiger partial charge in [-0.2, -0.15) is 0 Å². The summed E-state index contributed by atoms with van der Waals surface area (Å²) in [5.74, 6) is -0.788. The van der Waals surface area contributed by atoms with Gasteiger partial charge in [-0.3, -0.25) is 9.59 Å². The zero-order chi connectivity index (χ0) is 10.3. The summed E-state index contributed by atoms with van der Waals surface area (Å²) >= 11 is 1.33. The zero-order valence-corrected chi connectivity index (χ0v) is 8.89. The lowest BCUT2D eigenvalue weighted by molar-refractivity contribution is -0.137. The number of hydrogen-bond acceptors (Lipinski definition) is 3. The quantitative estimate of drug-likeness (QED) is 0.674. The fraction of sp³-hybridized carbons (Fsp3) is 0.778. The summed E-state index contributed by atoms with van der Waals surface area (Å²) in [6.45, 7) is 3.94. The number of rotatable bonds is 6. The Bertz CT molecular complexity index is 178. The van der Waals surface area contributed by atoms with Crippen molar-refractivity contribution in [3.8, 4) is 0 Å². The molecule has 0 aliphatic carbocycles. The summed E-state index contributed by atoms with van der Waals surface area (Å²) in [5, 5.41) is 8.83. The Morgan fingerprint density at radius 2 is 1.77 bits per heavy atom. The van der Waals surface area contributed by atoms with Gasteiger partial charge in [-0.05, 0) is 12.8 Å². The van der Waals surface area contributed by atoms with Gasteiger partial charge in [-0.1, -0.05) is 25.6 Å². The monoisotopic (exact) mass is 204 g/mol. The van der Waals surface area contributed by atoms with E-state index < -0.39 is 5.97 Å². The van der Waals surface area contributed by atoms with Gasteiger partial charge in [0.15, 0.2) is 5.12 Å². The maximum absolute atomic E-state index is 11.1. The van der Waals surface area contributed by atoms with E-state index >= 15 is 0 Å². The third-order valence-electron chi connectivity index (χ3n) is 1.39. The Labute approximate surface area is 82.9 Å². The lowest BCUT2D eigenvalue weighted by atomic mass is 10.2. The molecule has 0 aromatic rings. The van der Waals surface area contributed by atoms with E-state index in [0.717, 1.165) is 0 Å². The molecule has 0 radical (unpaired) electrons. The van der Waals surface area contributed by atoms with Crippen LogP contribution in [0.1, 0.15) is 39.5 Å². The number of unbranched alkanes of at least 4 members (excludes halogenated alkanes) is 1. The number of carbonyl (C=O) groups excluding carboxylic acids is 1. The molecule has 13 heavy (non-hydrogen) atoms. The normalized spacial score (nSPS) is 10.4. The van der Waals surface area contributed by atoms with Crippen LogP contribution < -0.4 is 0 Å². The van der Waals surface area contributed by atoms with Gasteiger partial charge >= 0.3 is 5.97 Å². The lowest BCUT2D eigenvalue weighted by Gasteiger charge is -2.02. The second-order valence-electron chi connectivity index (χ2n) is 3.14. The second kappa shape index (κ2) is 6.95. The minimum absolute atomic E-state index is 0.166. The topological polar surface area (TPSA) is 54.4 Å². The van der Waals surface area contributed by atoms with Crippen LogP contribution >= 0.6 is 11.8 Å². The van der Waals surface area contributed by atoms with Crippen LogP contribution in [0, 0.1) is 0 Å². The van der Waals surface area contributed by atoms with Gasteiger partial charge in [0.25, 0.3) is 0 Å². The number of thioether (sulfide) groups is 1. The van der Waals surface area contributed by atoms with Crippen molar-refractivity contribution >= 4 is 22.8 Å². The Morgan fingerprint density at radius 3 is 2.23 bits per heavy atom. The Balaban J connectivity index is 3.32. The molecule has 0 spiro atoms. The first-order valence-electron chi connectivity index (χ1n) is 4.43. The highest BCUT2D eigenvalue weighted by Crippen LogP contribution is 2.14. The summed E-state index contributed by atoms with van der Waals surface area (Å²) in [4.78, 5) is 21.2. The number of carboxylic acid groups (broad SMARTS) is 1. The van der Waals surface area contributed by atoms with Crippen molar-refractivity contribution < 1.29 is 14.7 Å². The van der Waals surface area contributed by atoms with Gasteiger partial charge in [-0.15, -0.1) is 0 Å². The van der Waals surface area contributed by atoms with E-state index in [4.69, 9.17) is 5.11 Å². The van der Waals surface area contributed by atoms with Crippen LogP contribution in [0.3, 0.4) is 0 Å². The van der Waals surface area contributed by atoms with Crippen molar-refractivity contribution in [3.05, 3.63) is 0 Å². The van der Waals surface area contributed by atoms with Crippen LogP contribution in [0.15, 0.2) is 0 Å². The van der Waals surface area contributed by atoms with Crippen molar-refractivity contribution in [2.75, 3.05) is 0 Å². The maximum atomic E-state index is 11.1. The molecule has 0 bridgehead atoms. The molecule has 0 saturated carbocycles. The molecule has 0 heterocycles. The first kappa shape index (κ1) is 12.5. The van der Waals surface area contributed by atoms with E-state index in [1.807, 2.05) is 13.8 Å². The van der Waals surface area contributed by atoms with E-state index in [9.17, 15) is 9.59 Å². The van der Waals surface area contributed by atoms with Gasteiger partial charge < -0.3 is 5.11 Å². The predicted octanol–water partition coefficient (Wildman–Crippen LogP) is 2.30. The summed E-state index contributed by atoms with van der Waals surface area (Å²) in [7, 11) is 0. The molecule has 0 aromatic carbocycles. The summed E-state index contributed by atoms with van der Waals surface area (Å²) in [6, 6.07) is 0. The van der Waals surface area contributed by atoms with Crippen molar-refractivity contribution in [2.45, 2.75) is 44.8 Å². The molecule has 4 heteroatoms. The minimum Gasteiger partial charge on any atom is -0.481 e. The zero-order valence-electron chi connectivity index (χ0n) is 8.08. The molecular weight excluding hydrogens is 188 g/mol. The van der Waals surface area contributed by atoms with Crippen LogP contribution in [0.25, 0.3) is 0 Å². The number of hydrogen-bond donors (Lipinski definition) is 1. The van der Waals surface area contributed by atoms with E-state index in [0.29, 0.717) is 24.5 Å². The number of carboxylic acids is 1. The van der Waals surface area contributed by atoms with Gasteiger partial charge in [0.05, 0.1) is 0 Å². The van der Waals surface area contributed by atoms with Crippen molar-refractivity contribution in [1.82, 2.24) is 0 Å². The van der Waals surface area contributed by atoms with Crippen LogP contribution in [0.4, 0.5) is 0 Å². The molecule has 3 nitrogen and oxygen atoms in total. The van der Waals surface area contributed by atoms with E-state index in [1.54, 1.807) is 0 Å². The molecule has 0 atom stereocenters. The Morgan fingerprint density at radius 1 is 1.23 bits per heavy atom. The third-order valence-corrected chi connectivity index (χ3v) is 2.33. The molecule has 0 aliphatic rings. The lowest BCUT2D eigenvalue weighted by Crippen LogP contribution is -1.99. The fourth-order valence-electron chi connectivity index (χ4n) is 0.867. The van der Waals surface area contributed by atoms with Crippen molar-refractivity contribution in [2.24, 2.45) is 0 Å². The molecule has 1 N–H and O–H groups in total. The van der Waals surface area contributed by atoms with Crippen LogP contribution in [-0.2, 0) is 9.59 Å². The number of carbonyl (C=O) groups is 2. The molecule has 0 unspecified atom stereocenters. The highest BCUT2D eigenvalue weighted by molar-refractivity contribution is 8.14. The highest BCUT2D eigenvalue weighted by Gasteiger charge is 2.05. The van der Waals surface area contributed by atoms with Crippen molar-refractivity contribution in [3.63, 3.8) is 0 Å². The molecule has 76 valence electrons. The average molecular weight is 204 g/mol.